The Hall–Kier alpha value is -2.77. The van der Waals surface area contributed by atoms with Gasteiger partial charge in [-0.15, -0.1) is 0 Å². The van der Waals surface area contributed by atoms with Crippen LogP contribution >= 0.6 is 12.2 Å². The molecule has 0 bridgehead atoms. The first-order chi connectivity index (χ1) is 13.8. The highest BCUT2D eigenvalue weighted by atomic mass is 32.1. The van der Waals surface area contributed by atoms with Crippen LogP contribution in [0.1, 0.15) is 11.1 Å². The molecule has 29 heavy (non-hydrogen) atoms. The minimum atomic E-state index is -0.302. The van der Waals surface area contributed by atoms with Crippen molar-refractivity contribution in [2.24, 2.45) is 0 Å². The number of aromatic amines is 1. The molecule has 0 atom stereocenters. The number of H-pyrrole nitrogens is 1. The molecule has 1 heterocycles. The van der Waals surface area contributed by atoms with Crippen molar-refractivity contribution in [2.45, 2.75) is 13.5 Å². The molecule has 0 aliphatic rings. The molecule has 0 amide bonds. The lowest BCUT2D eigenvalue weighted by atomic mass is 10.1. The number of benzene rings is 2. The summed E-state index contributed by atoms with van der Waals surface area (Å²) in [7, 11) is 3.97. The largest absolute Gasteiger partial charge is 0.343 e. The van der Waals surface area contributed by atoms with Crippen LogP contribution in [0, 0.1) is 12.7 Å². The first-order valence-corrected chi connectivity index (χ1v) is 9.81. The third kappa shape index (κ3) is 5.62. The summed E-state index contributed by atoms with van der Waals surface area (Å²) in [6, 6.07) is 13.9. The van der Waals surface area contributed by atoms with Gasteiger partial charge in [0.2, 0.25) is 0 Å². The second-order valence-corrected chi connectivity index (χ2v) is 7.76. The van der Waals surface area contributed by atoms with Gasteiger partial charge in [0.05, 0.1) is 6.54 Å². The molecule has 5 nitrogen and oxygen atoms in total. The van der Waals surface area contributed by atoms with Crippen molar-refractivity contribution in [1.82, 2.24) is 14.8 Å². The van der Waals surface area contributed by atoms with Crippen LogP contribution in [0.15, 0.2) is 53.3 Å². The number of rotatable bonds is 6. The van der Waals surface area contributed by atoms with E-state index in [1.807, 2.05) is 50.2 Å². The number of nitrogens with one attached hydrogen (secondary N) is 2. The van der Waals surface area contributed by atoms with Crippen molar-refractivity contribution in [1.29, 1.82) is 0 Å². The van der Waals surface area contributed by atoms with Crippen LogP contribution in [0.4, 0.5) is 10.1 Å². The Bertz CT molecular complexity index is 1060. The zero-order valence-corrected chi connectivity index (χ0v) is 17.6. The van der Waals surface area contributed by atoms with Crippen LogP contribution in [-0.2, 0) is 6.54 Å². The molecular formula is C22H25FN4OS. The Morgan fingerprint density at radius 2 is 1.83 bits per heavy atom. The SMILES string of the molecule is Cc1ccc2[nH]c(=O)c(CN(CCN(C)C)C(=S)Nc3ccc(F)cc3)cc2c1. The fourth-order valence-electron chi connectivity index (χ4n) is 3.00. The highest BCUT2D eigenvalue weighted by Crippen LogP contribution is 2.15. The summed E-state index contributed by atoms with van der Waals surface area (Å²) in [4.78, 5) is 19.6. The predicted octanol–water partition coefficient (Wildman–Crippen LogP) is 3.74. The van der Waals surface area contributed by atoms with Crippen molar-refractivity contribution >= 4 is 33.9 Å². The van der Waals surface area contributed by atoms with Crippen LogP contribution in [0.2, 0.25) is 0 Å². The van der Waals surface area contributed by atoms with E-state index in [0.29, 0.717) is 29.5 Å². The summed E-state index contributed by atoms with van der Waals surface area (Å²) in [5.74, 6) is -0.302. The highest BCUT2D eigenvalue weighted by Gasteiger charge is 2.14. The minimum Gasteiger partial charge on any atom is -0.343 e. The minimum absolute atomic E-state index is 0.124. The van der Waals surface area contributed by atoms with Gasteiger partial charge >= 0.3 is 0 Å². The Morgan fingerprint density at radius 1 is 1.10 bits per heavy atom. The lowest BCUT2D eigenvalue weighted by Crippen LogP contribution is -2.40. The first-order valence-electron chi connectivity index (χ1n) is 9.40. The zero-order chi connectivity index (χ0) is 21.0. The fraction of sp³-hybridized carbons (Fsp3) is 0.273. The molecule has 0 fully saturated rings. The number of halogens is 1. The van der Waals surface area contributed by atoms with Gasteiger partial charge in [-0.1, -0.05) is 11.6 Å². The van der Waals surface area contributed by atoms with Crippen molar-refractivity contribution in [3.05, 3.63) is 75.8 Å². The first kappa shape index (κ1) is 21.0. The summed E-state index contributed by atoms with van der Waals surface area (Å²) in [5, 5.41) is 4.62. The Kier molecular flexibility index (Phi) is 6.61. The van der Waals surface area contributed by atoms with E-state index >= 15 is 0 Å². The molecule has 152 valence electrons. The Labute approximate surface area is 175 Å². The van der Waals surface area contributed by atoms with Crippen molar-refractivity contribution in [2.75, 3.05) is 32.5 Å². The van der Waals surface area contributed by atoms with E-state index in [2.05, 4.69) is 15.2 Å². The van der Waals surface area contributed by atoms with Crippen molar-refractivity contribution < 1.29 is 4.39 Å². The third-order valence-electron chi connectivity index (χ3n) is 4.64. The smallest absolute Gasteiger partial charge is 0.253 e. The summed E-state index contributed by atoms with van der Waals surface area (Å²) in [6.07, 6.45) is 0. The summed E-state index contributed by atoms with van der Waals surface area (Å²) in [5.41, 5.74) is 3.17. The maximum absolute atomic E-state index is 13.2. The number of fused-ring (bicyclic) bond motifs is 1. The van der Waals surface area contributed by atoms with Gasteiger partial charge < -0.3 is 20.1 Å². The molecule has 0 aliphatic carbocycles. The van der Waals surface area contributed by atoms with E-state index in [9.17, 15) is 9.18 Å². The van der Waals surface area contributed by atoms with E-state index < -0.39 is 0 Å². The molecule has 0 aliphatic heterocycles. The molecule has 0 unspecified atom stereocenters. The zero-order valence-electron chi connectivity index (χ0n) is 16.8. The Balaban J connectivity index is 1.85. The number of hydrogen-bond donors (Lipinski definition) is 2. The fourth-order valence-corrected chi connectivity index (χ4v) is 3.28. The number of hydrogen-bond acceptors (Lipinski definition) is 3. The van der Waals surface area contributed by atoms with Crippen LogP contribution in [0.3, 0.4) is 0 Å². The molecule has 3 aromatic rings. The lowest BCUT2D eigenvalue weighted by Gasteiger charge is -2.27. The number of pyridine rings is 1. The maximum Gasteiger partial charge on any atom is 0.253 e. The van der Waals surface area contributed by atoms with Gasteiger partial charge in [-0.25, -0.2) is 4.39 Å². The average Bonchev–Trinajstić information content (AvgIpc) is 2.67. The number of aryl methyl sites for hydroxylation is 1. The van der Waals surface area contributed by atoms with E-state index in [1.165, 1.54) is 12.1 Å². The summed E-state index contributed by atoms with van der Waals surface area (Å²) < 4.78 is 13.2. The van der Waals surface area contributed by atoms with Gasteiger partial charge in [0.1, 0.15) is 5.82 Å². The molecule has 0 spiro atoms. The molecular weight excluding hydrogens is 387 g/mol. The van der Waals surface area contributed by atoms with Crippen LogP contribution in [0.25, 0.3) is 10.9 Å². The van der Waals surface area contributed by atoms with Gasteiger partial charge in [-0.05, 0) is 81.1 Å². The quantitative estimate of drug-likeness (QED) is 0.604. The molecule has 3 rings (SSSR count). The van der Waals surface area contributed by atoms with Crippen LogP contribution < -0.4 is 10.9 Å². The lowest BCUT2D eigenvalue weighted by molar-refractivity contribution is 0.327. The molecule has 0 saturated carbocycles. The molecule has 1 aromatic heterocycles. The van der Waals surface area contributed by atoms with E-state index in [4.69, 9.17) is 12.2 Å². The molecule has 2 aromatic carbocycles. The van der Waals surface area contributed by atoms with E-state index in [-0.39, 0.29) is 11.4 Å². The van der Waals surface area contributed by atoms with Crippen molar-refractivity contribution in [3.63, 3.8) is 0 Å². The maximum atomic E-state index is 13.2. The topological polar surface area (TPSA) is 51.4 Å². The molecule has 7 heteroatoms. The number of aromatic nitrogens is 1. The number of thiocarbonyl (C=S) groups is 1. The molecule has 0 radical (unpaired) electrons. The van der Waals surface area contributed by atoms with Gasteiger partial charge in [0.25, 0.3) is 5.56 Å². The highest BCUT2D eigenvalue weighted by molar-refractivity contribution is 7.80. The second kappa shape index (κ2) is 9.15. The number of likely N-dealkylation sites (N-methyl/N-ethyl adjacent to an activating group) is 1. The van der Waals surface area contributed by atoms with Gasteiger partial charge in [0, 0.05) is 29.9 Å². The van der Waals surface area contributed by atoms with Gasteiger partial charge in [0.15, 0.2) is 5.11 Å². The molecule has 0 saturated heterocycles. The summed E-state index contributed by atoms with van der Waals surface area (Å²) in [6.45, 7) is 3.82. The van der Waals surface area contributed by atoms with Gasteiger partial charge in [-0.2, -0.15) is 0 Å². The van der Waals surface area contributed by atoms with E-state index in [1.54, 1.807) is 12.1 Å². The van der Waals surface area contributed by atoms with Gasteiger partial charge in [-0.3, -0.25) is 4.79 Å². The number of anilines is 1. The third-order valence-corrected chi connectivity index (χ3v) is 5.00. The van der Waals surface area contributed by atoms with Crippen LogP contribution in [0.5, 0.6) is 0 Å². The van der Waals surface area contributed by atoms with E-state index in [0.717, 1.165) is 23.0 Å². The standard InChI is InChI=1S/C22H25FN4OS/c1-15-4-9-20-16(12-15)13-17(21(28)25-20)14-27(11-10-26(2)3)22(29)24-19-7-5-18(23)6-8-19/h4-9,12-13H,10-11,14H2,1-3H3,(H,24,29)(H,25,28). The normalized spacial score (nSPS) is 11.1. The van der Waals surface area contributed by atoms with Crippen molar-refractivity contribution in [3.8, 4) is 0 Å². The predicted molar refractivity (Wildman–Crippen MR) is 121 cm³/mol. The molecule has 2 N–H and O–H groups in total. The summed E-state index contributed by atoms with van der Waals surface area (Å²) >= 11 is 5.59. The second-order valence-electron chi connectivity index (χ2n) is 7.38. The number of nitrogens with zero attached hydrogens (tertiary/aromatic N) is 2. The Morgan fingerprint density at radius 3 is 2.52 bits per heavy atom. The monoisotopic (exact) mass is 412 g/mol. The van der Waals surface area contributed by atoms with Crippen LogP contribution in [-0.4, -0.2) is 47.1 Å². The average molecular weight is 413 g/mol.